The molecule has 0 bridgehead atoms. The summed E-state index contributed by atoms with van der Waals surface area (Å²) in [5, 5.41) is 6.98. The quantitative estimate of drug-likeness (QED) is 0.707. The molecule has 2 heterocycles. The van der Waals surface area contributed by atoms with Crippen LogP contribution in [0.25, 0.3) is 0 Å². The monoisotopic (exact) mass is 406 g/mol. The van der Waals surface area contributed by atoms with Gasteiger partial charge < -0.3 is 10.2 Å². The Balaban J connectivity index is 1.47. The highest BCUT2D eigenvalue weighted by Gasteiger charge is 2.26. The Kier molecular flexibility index (Phi) is 5.61. The van der Waals surface area contributed by atoms with Crippen LogP contribution < -0.4 is 5.32 Å². The van der Waals surface area contributed by atoms with Crippen molar-refractivity contribution in [1.82, 2.24) is 20.0 Å². The van der Waals surface area contributed by atoms with Crippen LogP contribution in [0.5, 0.6) is 0 Å². The van der Waals surface area contributed by atoms with Crippen molar-refractivity contribution in [2.24, 2.45) is 0 Å². The van der Waals surface area contributed by atoms with Gasteiger partial charge in [0, 0.05) is 37.8 Å². The van der Waals surface area contributed by atoms with Crippen molar-refractivity contribution in [1.29, 1.82) is 0 Å². The number of fused-ring (bicyclic) bond motifs is 1. The first kappa shape index (κ1) is 19.8. The van der Waals surface area contributed by atoms with Gasteiger partial charge in [-0.15, -0.1) is 0 Å². The fourth-order valence-electron chi connectivity index (χ4n) is 3.52. The Morgan fingerprint density at radius 3 is 2.67 bits per heavy atom. The molecule has 0 saturated carbocycles. The molecule has 3 aromatic rings. The Labute approximate surface area is 174 Å². The molecule has 1 aliphatic rings. The molecule has 1 N–H and O–H groups in total. The molecule has 0 radical (unpaired) electrons. The van der Waals surface area contributed by atoms with Crippen LogP contribution in [0.1, 0.15) is 44.1 Å². The van der Waals surface area contributed by atoms with E-state index in [-0.39, 0.29) is 24.0 Å². The molecule has 4 rings (SSSR count). The standard InChI is InChI=1S/C23H23FN4O2/c1-16-7-9-17(10-8-16)15-27-11-4-12-28-21(23(27)30)13-20(26-28)22(29)25-14-18-5-2-3-6-19(18)24/h2-3,5-10,13H,4,11-12,14-15H2,1H3,(H,25,29). The second kappa shape index (κ2) is 8.49. The Morgan fingerprint density at radius 1 is 1.13 bits per heavy atom. The molecule has 2 amide bonds. The highest BCUT2D eigenvalue weighted by molar-refractivity contribution is 5.98. The summed E-state index contributed by atoms with van der Waals surface area (Å²) in [6.45, 7) is 3.79. The van der Waals surface area contributed by atoms with Gasteiger partial charge in [-0.3, -0.25) is 14.3 Å². The maximum absolute atomic E-state index is 13.7. The van der Waals surface area contributed by atoms with Crippen molar-refractivity contribution in [3.05, 3.63) is 88.5 Å². The van der Waals surface area contributed by atoms with E-state index in [1.807, 2.05) is 31.2 Å². The number of nitrogens with one attached hydrogen (secondary N) is 1. The Bertz CT molecular complexity index is 1080. The van der Waals surface area contributed by atoms with Crippen LogP contribution in [0.4, 0.5) is 4.39 Å². The van der Waals surface area contributed by atoms with E-state index in [1.165, 1.54) is 17.7 Å². The summed E-state index contributed by atoms with van der Waals surface area (Å²) in [5.74, 6) is -0.953. The number of hydrogen-bond donors (Lipinski definition) is 1. The van der Waals surface area contributed by atoms with Gasteiger partial charge in [0.05, 0.1) is 0 Å². The Hall–Kier alpha value is -3.48. The smallest absolute Gasteiger partial charge is 0.272 e. The molecule has 1 aliphatic heterocycles. The van der Waals surface area contributed by atoms with Gasteiger partial charge in [0.1, 0.15) is 11.5 Å². The van der Waals surface area contributed by atoms with Crippen LogP contribution >= 0.6 is 0 Å². The summed E-state index contributed by atoms with van der Waals surface area (Å²) < 4.78 is 15.3. The number of benzene rings is 2. The van der Waals surface area contributed by atoms with Crippen molar-refractivity contribution in [3.63, 3.8) is 0 Å². The van der Waals surface area contributed by atoms with E-state index in [2.05, 4.69) is 10.4 Å². The number of aryl methyl sites for hydroxylation is 2. The van der Waals surface area contributed by atoms with Crippen LogP contribution in [0.15, 0.2) is 54.6 Å². The van der Waals surface area contributed by atoms with E-state index in [1.54, 1.807) is 27.8 Å². The summed E-state index contributed by atoms with van der Waals surface area (Å²) in [6, 6.07) is 15.9. The molecular weight excluding hydrogens is 383 g/mol. The fraction of sp³-hybridized carbons (Fsp3) is 0.261. The first-order valence-electron chi connectivity index (χ1n) is 9.95. The van der Waals surface area contributed by atoms with Gasteiger partial charge in [-0.2, -0.15) is 5.10 Å². The van der Waals surface area contributed by atoms with Crippen molar-refractivity contribution in [2.45, 2.75) is 33.0 Å². The third-order valence-corrected chi connectivity index (χ3v) is 5.21. The molecule has 0 atom stereocenters. The molecule has 6 nitrogen and oxygen atoms in total. The number of amides is 2. The van der Waals surface area contributed by atoms with Crippen LogP contribution in [0.3, 0.4) is 0 Å². The minimum absolute atomic E-state index is 0.0567. The average Bonchev–Trinajstić information content (AvgIpc) is 3.12. The van der Waals surface area contributed by atoms with Crippen LogP contribution in [0, 0.1) is 12.7 Å². The molecule has 0 spiro atoms. The minimum Gasteiger partial charge on any atom is -0.346 e. The minimum atomic E-state index is -0.434. The van der Waals surface area contributed by atoms with Crippen LogP contribution in [0.2, 0.25) is 0 Å². The highest BCUT2D eigenvalue weighted by Crippen LogP contribution is 2.17. The molecule has 7 heteroatoms. The van der Waals surface area contributed by atoms with Gasteiger partial charge in [0.2, 0.25) is 0 Å². The second-order valence-corrected chi connectivity index (χ2v) is 7.48. The molecule has 30 heavy (non-hydrogen) atoms. The fourth-order valence-corrected chi connectivity index (χ4v) is 3.52. The van der Waals surface area contributed by atoms with E-state index in [0.717, 1.165) is 12.0 Å². The largest absolute Gasteiger partial charge is 0.346 e. The van der Waals surface area contributed by atoms with E-state index >= 15 is 0 Å². The lowest BCUT2D eigenvalue weighted by Gasteiger charge is -2.20. The lowest BCUT2D eigenvalue weighted by atomic mass is 10.1. The first-order valence-corrected chi connectivity index (χ1v) is 9.95. The molecule has 0 aliphatic carbocycles. The topological polar surface area (TPSA) is 67.2 Å². The Morgan fingerprint density at radius 2 is 1.90 bits per heavy atom. The molecule has 0 unspecified atom stereocenters. The highest BCUT2D eigenvalue weighted by atomic mass is 19.1. The van der Waals surface area contributed by atoms with Gasteiger partial charge in [-0.25, -0.2) is 4.39 Å². The van der Waals surface area contributed by atoms with E-state index in [9.17, 15) is 14.0 Å². The van der Waals surface area contributed by atoms with Crippen molar-refractivity contribution < 1.29 is 14.0 Å². The number of aromatic nitrogens is 2. The zero-order valence-electron chi connectivity index (χ0n) is 16.8. The van der Waals surface area contributed by atoms with Crippen molar-refractivity contribution in [2.75, 3.05) is 6.54 Å². The molecule has 2 aromatic carbocycles. The third-order valence-electron chi connectivity index (χ3n) is 5.21. The molecule has 0 saturated heterocycles. The van der Waals surface area contributed by atoms with Crippen LogP contribution in [-0.2, 0) is 19.6 Å². The summed E-state index contributed by atoms with van der Waals surface area (Å²) in [4.78, 5) is 27.3. The van der Waals surface area contributed by atoms with E-state index in [4.69, 9.17) is 0 Å². The zero-order chi connectivity index (χ0) is 21.1. The van der Waals surface area contributed by atoms with E-state index < -0.39 is 5.91 Å². The maximum atomic E-state index is 13.7. The number of hydrogen-bond acceptors (Lipinski definition) is 3. The van der Waals surface area contributed by atoms with Crippen molar-refractivity contribution in [3.8, 4) is 0 Å². The number of carbonyl (C=O) groups excluding carboxylic acids is 2. The summed E-state index contributed by atoms with van der Waals surface area (Å²) in [7, 11) is 0. The number of nitrogens with zero attached hydrogens (tertiary/aromatic N) is 3. The normalized spacial score (nSPS) is 13.7. The number of halogens is 1. The number of carbonyl (C=O) groups is 2. The van der Waals surface area contributed by atoms with Gasteiger partial charge in [0.25, 0.3) is 11.8 Å². The summed E-state index contributed by atoms with van der Waals surface area (Å²) in [6.07, 6.45) is 0.753. The van der Waals surface area contributed by atoms with Gasteiger partial charge >= 0.3 is 0 Å². The SMILES string of the molecule is Cc1ccc(CN2CCCn3nc(C(=O)NCc4ccccc4F)cc3C2=O)cc1. The number of rotatable bonds is 5. The predicted octanol–water partition coefficient (Wildman–Crippen LogP) is 3.31. The zero-order valence-corrected chi connectivity index (χ0v) is 16.8. The predicted molar refractivity (Wildman–Crippen MR) is 110 cm³/mol. The van der Waals surface area contributed by atoms with Crippen LogP contribution in [-0.4, -0.2) is 33.0 Å². The summed E-state index contributed by atoms with van der Waals surface area (Å²) >= 11 is 0. The van der Waals surface area contributed by atoms with E-state index in [0.29, 0.717) is 30.9 Å². The molecular formula is C23H23FN4O2. The molecule has 1 aromatic heterocycles. The lowest BCUT2D eigenvalue weighted by Crippen LogP contribution is -2.30. The average molecular weight is 406 g/mol. The second-order valence-electron chi connectivity index (χ2n) is 7.48. The van der Waals surface area contributed by atoms with Gasteiger partial charge in [-0.1, -0.05) is 48.0 Å². The van der Waals surface area contributed by atoms with Crippen molar-refractivity contribution >= 4 is 11.8 Å². The third kappa shape index (κ3) is 4.25. The van der Waals surface area contributed by atoms with Gasteiger partial charge in [0.15, 0.2) is 5.69 Å². The lowest BCUT2D eigenvalue weighted by molar-refractivity contribution is 0.0745. The molecule has 154 valence electrons. The maximum Gasteiger partial charge on any atom is 0.272 e. The van der Waals surface area contributed by atoms with Gasteiger partial charge in [-0.05, 0) is 25.0 Å². The first-order chi connectivity index (χ1) is 14.5. The molecule has 0 fully saturated rings. The summed E-state index contributed by atoms with van der Waals surface area (Å²) in [5.41, 5.74) is 3.18.